The summed E-state index contributed by atoms with van der Waals surface area (Å²) in [5.74, 6) is 3.94. The molecule has 0 saturated heterocycles. The Hall–Kier alpha value is 0. The molecule has 2 aliphatic rings. The Morgan fingerprint density at radius 1 is 0.812 bits per heavy atom. The van der Waals surface area contributed by atoms with E-state index in [4.69, 9.17) is 0 Å². The van der Waals surface area contributed by atoms with Gasteiger partial charge in [0.2, 0.25) is 0 Å². The molecular formula is C16H29. The third-order valence-corrected chi connectivity index (χ3v) is 5.03. The van der Waals surface area contributed by atoms with Gasteiger partial charge in [-0.05, 0) is 61.7 Å². The molecule has 0 N–H and O–H groups in total. The van der Waals surface area contributed by atoms with Gasteiger partial charge in [-0.25, -0.2) is 0 Å². The van der Waals surface area contributed by atoms with Crippen LogP contribution < -0.4 is 0 Å². The lowest BCUT2D eigenvalue weighted by atomic mass is 9.65. The zero-order valence-corrected chi connectivity index (χ0v) is 11.5. The Morgan fingerprint density at radius 2 is 1.38 bits per heavy atom. The van der Waals surface area contributed by atoms with Crippen LogP contribution in [0.4, 0.5) is 0 Å². The van der Waals surface area contributed by atoms with Crippen molar-refractivity contribution in [1.82, 2.24) is 0 Å². The summed E-state index contributed by atoms with van der Waals surface area (Å²) in [5.41, 5.74) is 0.544. The molecule has 0 heteroatoms. The first-order valence-electron chi connectivity index (χ1n) is 7.42. The van der Waals surface area contributed by atoms with Gasteiger partial charge in [-0.2, -0.15) is 0 Å². The Labute approximate surface area is 102 Å². The second kappa shape index (κ2) is 5.10. The number of hydrogen-bond donors (Lipinski definition) is 0. The molecule has 2 aliphatic carbocycles. The standard InChI is InChI=1S/C16H29/c1-16(2,3)15-11-9-14(10-12-15)13-7-5-4-6-8-13/h14-15H,4-12H2,1-3H3. The highest BCUT2D eigenvalue weighted by Gasteiger charge is 2.33. The molecule has 1 radical (unpaired) electrons. The van der Waals surface area contributed by atoms with Gasteiger partial charge in [0.15, 0.2) is 0 Å². The highest BCUT2D eigenvalue weighted by molar-refractivity contribution is 5.00. The van der Waals surface area contributed by atoms with Crippen molar-refractivity contribution in [1.29, 1.82) is 0 Å². The summed E-state index contributed by atoms with van der Waals surface area (Å²) in [4.78, 5) is 0. The third kappa shape index (κ3) is 3.02. The Bertz CT molecular complexity index is 197. The van der Waals surface area contributed by atoms with Crippen LogP contribution in [0.25, 0.3) is 0 Å². The first-order valence-corrected chi connectivity index (χ1v) is 7.42. The Morgan fingerprint density at radius 3 is 1.88 bits per heavy atom. The SMILES string of the molecule is CC(C)(C)C1CCC([C]2CCCCC2)CC1. The van der Waals surface area contributed by atoms with Crippen molar-refractivity contribution >= 4 is 0 Å². The second-order valence-corrected chi connectivity index (χ2v) is 7.13. The van der Waals surface area contributed by atoms with E-state index >= 15 is 0 Å². The summed E-state index contributed by atoms with van der Waals surface area (Å²) in [6.45, 7) is 7.27. The fraction of sp³-hybridized carbons (Fsp3) is 0.938. The van der Waals surface area contributed by atoms with E-state index in [2.05, 4.69) is 20.8 Å². The molecule has 0 heterocycles. The first-order chi connectivity index (χ1) is 7.57. The molecule has 0 aromatic heterocycles. The molecule has 0 amide bonds. The minimum Gasteiger partial charge on any atom is -0.0599 e. The van der Waals surface area contributed by atoms with Gasteiger partial charge < -0.3 is 0 Å². The number of hydrogen-bond acceptors (Lipinski definition) is 0. The van der Waals surface area contributed by atoms with Crippen LogP contribution in [-0.2, 0) is 0 Å². The van der Waals surface area contributed by atoms with Gasteiger partial charge in [0.1, 0.15) is 0 Å². The average Bonchev–Trinajstić information content (AvgIpc) is 2.29. The summed E-state index contributed by atoms with van der Waals surface area (Å²) < 4.78 is 0. The van der Waals surface area contributed by atoms with Crippen molar-refractivity contribution in [2.24, 2.45) is 17.3 Å². The van der Waals surface area contributed by atoms with Gasteiger partial charge in [-0.1, -0.05) is 40.0 Å². The van der Waals surface area contributed by atoms with E-state index in [1.165, 1.54) is 57.8 Å². The molecule has 0 nitrogen and oxygen atoms in total. The Kier molecular flexibility index (Phi) is 3.97. The minimum atomic E-state index is 0.544. The molecule has 0 spiro atoms. The summed E-state index contributed by atoms with van der Waals surface area (Å²) >= 11 is 0. The van der Waals surface area contributed by atoms with Crippen LogP contribution in [-0.4, -0.2) is 0 Å². The summed E-state index contributed by atoms with van der Waals surface area (Å²) in [7, 11) is 0. The molecule has 0 aromatic carbocycles. The van der Waals surface area contributed by atoms with E-state index in [0.717, 1.165) is 11.8 Å². The van der Waals surface area contributed by atoms with Crippen LogP contribution in [0.15, 0.2) is 0 Å². The van der Waals surface area contributed by atoms with E-state index in [9.17, 15) is 0 Å². The van der Waals surface area contributed by atoms with Crippen molar-refractivity contribution in [2.75, 3.05) is 0 Å². The predicted octanol–water partition coefficient (Wildman–Crippen LogP) is 5.38. The lowest BCUT2D eigenvalue weighted by Gasteiger charge is -2.40. The van der Waals surface area contributed by atoms with Crippen LogP contribution in [0.5, 0.6) is 0 Å². The van der Waals surface area contributed by atoms with E-state index < -0.39 is 0 Å². The molecule has 0 bridgehead atoms. The van der Waals surface area contributed by atoms with Gasteiger partial charge in [0.25, 0.3) is 0 Å². The summed E-state index contributed by atoms with van der Waals surface area (Å²) in [6.07, 6.45) is 13.3. The monoisotopic (exact) mass is 221 g/mol. The topological polar surface area (TPSA) is 0 Å². The maximum Gasteiger partial charge on any atom is -0.0210 e. The lowest BCUT2D eigenvalue weighted by Crippen LogP contribution is -2.28. The molecule has 2 saturated carbocycles. The summed E-state index contributed by atoms with van der Waals surface area (Å²) in [6, 6.07) is 0. The van der Waals surface area contributed by atoms with Crippen LogP contribution in [0.1, 0.15) is 78.6 Å². The zero-order valence-electron chi connectivity index (χ0n) is 11.5. The van der Waals surface area contributed by atoms with Crippen LogP contribution >= 0.6 is 0 Å². The maximum atomic E-state index is 2.42. The Balaban J connectivity index is 1.80. The highest BCUT2D eigenvalue weighted by atomic mass is 14.4. The highest BCUT2D eigenvalue weighted by Crippen LogP contribution is 2.45. The zero-order chi connectivity index (χ0) is 11.6. The molecule has 2 rings (SSSR count). The van der Waals surface area contributed by atoms with Gasteiger partial charge in [-0.3, -0.25) is 0 Å². The van der Waals surface area contributed by atoms with Crippen LogP contribution in [0, 0.1) is 23.2 Å². The van der Waals surface area contributed by atoms with Gasteiger partial charge in [0, 0.05) is 0 Å². The maximum absolute atomic E-state index is 2.42. The van der Waals surface area contributed by atoms with Crippen LogP contribution in [0.3, 0.4) is 0 Å². The smallest absolute Gasteiger partial charge is 0.0210 e. The molecule has 0 unspecified atom stereocenters. The van der Waals surface area contributed by atoms with Crippen LogP contribution in [0.2, 0.25) is 0 Å². The van der Waals surface area contributed by atoms with E-state index in [1.54, 1.807) is 0 Å². The average molecular weight is 221 g/mol. The fourth-order valence-corrected chi connectivity index (χ4v) is 3.78. The molecule has 16 heavy (non-hydrogen) atoms. The molecule has 0 aliphatic heterocycles. The molecule has 93 valence electrons. The van der Waals surface area contributed by atoms with Crippen molar-refractivity contribution in [2.45, 2.75) is 78.6 Å². The molecular weight excluding hydrogens is 192 g/mol. The van der Waals surface area contributed by atoms with Crippen molar-refractivity contribution < 1.29 is 0 Å². The second-order valence-electron chi connectivity index (χ2n) is 7.13. The van der Waals surface area contributed by atoms with Crippen molar-refractivity contribution in [3.63, 3.8) is 0 Å². The number of rotatable bonds is 1. The third-order valence-electron chi connectivity index (χ3n) is 5.03. The molecule has 0 aromatic rings. The van der Waals surface area contributed by atoms with Gasteiger partial charge in [-0.15, -0.1) is 0 Å². The molecule has 0 atom stereocenters. The largest absolute Gasteiger partial charge is 0.0599 e. The van der Waals surface area contributed by atoms with Crippen molar-refractivity contribution in [3.8, 4) is 0 Å². The van der Waals surface area contributed by atoms with Crippen molar-refractivity contribution in [3.05, 3.63) is 5.92 Å². The normalized spacial score (nSPS) is 33.9. The minimum absolute atomic E-state index is 0.544. The predicted molar refractivity (Wildman–Crippen MR) is 71.2 cm³/mol. The fourth-order valence-electron chi connectivity index (χ4n) is 3.78. The first kappa shape index (κ1) is 12.5. The van der Waals surface area contributed by atoms with Gasteiger partial charge in [0.05, 0.1) is 0 Å². The quantitative estimate of drug-likeness (QED) is 0.558. The summed E-state index contributed by atoms with van der Waals surface area (Å²) in [5, 5.41) is 0. The lowest BCUT2D eigenvalue weighted by molar-refractivity contribution is 0.148. The van der Waals surface area contributed by atoms with E-state index in [1.807, 2.05) is 5.92 Å². The van der Waals surface area contributed by atoms with Gasteiger partial charge >= 0.3 is 0 Å². The van der Waals surface area contributed by atoms with E-state index in [-0.39, 0.29) is 0 Å². The van der Waals surface area contributed by atoms with E-state index in [0.29, 0.717) is 5.41 Å². The molecule has 2 fully saturated rings.